The molecule has 0 aliphatic heterocycles. The molecule has 1 fully saturated rings. The third-order valence-corrected chi connectivity index (χ3v) is 5.43. The fourth-order valence-electron chi connectivity index (χ4n) is 3.28. The molecule has 1 aliphatic rings. The van der Waals surface area contributed by atoms with Gasteiger partial charge < -0.3 is 5.32 Å². The average Bonchev–Trinajstić information content (AvgIpc) is 3.25. The second kappa shape index (κ2) is 7.26. The summed E-state index contributed by atoms with van der Waals surface area (Å²) in [5.74, 6) is 0.0885. The highest BCUT2D eigenvalue weighted by atomic mass is 79.9. The van der Waals surface area contributed by atoms with Gasteiger partial charge in [-0.1, -0.05) is 12.1 Å². The number of nitrogens with one attached hydrogen (secondary N) is 1. The maximum absolute atomic E-state index is 13.5. The Balaban J connectivity index is 1.68. The fourth-order valence-corrected chi connectivity index (χ4v) is 3.65. The van der Waals surface area contributed by atoms with E-state index in [-0.39, 0.29) is 22.0 Å². The van der Waals surface area contributed by atoms with Crippen molar-refractivity contribution in [3.05, 3.63) is 39.0 Å². The monoisotopic (exact) mass is 437 g/mol. The van der Waals surface area contributed by atoms with Gasteiger partial charge in [0.15, 0.2) is 5.69 Å². The molecule has 0 atom stereocenters. The predicted octanol–water partition coefficient (Wildman–Crippen LogP) is 3.77. The standard InChI is InChI=1S/C17H17BrFN5O3/c1-9-2-4-10(5-3-9)20-15-14(21-27-22-15)16-23-26-17(25)24(16)11-6-7-13(19)12(18)8-11/h6-10H,2-5H2,1H3,(H,20,22). The van der Waals surface area contributed by atoms with Crippen LogP contribution in [0.15, 0.2) is 36.6 Å². The van der Waals surface area contributed by atoms with Gasteiger partial charge in [0, 0.05) is 6.04 Å². The van der Waals surface area contributed by atoms with Crippen molar-refractivity contribution in [3.63, 3.8) is 0 Å². The third kappa shape index (κ3) is 3.53. The molecule has 10 heteroatoms. The van der Waals surface area contributed by atoms with Gasteiger partial charge in [-0.15, -0.1) is 0 Å². The Hall–Kier alpha value is -2.49. The fraction of sp³-hybridized carbons (Fsp3) is 0.412. The van der Waals surface area contributed by atoms with Gasteiger partial charge in [0.2, 0.25) is 11.6 Å². The maximum Gasteiger partial charge on any atom is 0.446 e. The largest absolute Gasteiger partial charge is 0.446 e. The number of halogens is 2. The van der Waals surface area contributed by atoms with E-state index < -0.39 is 11.6 Å². The Morgan fingerprint density at radius 3 is 2.74 bits per heavy atom. The van der Waals surface area contributed by atoms with Crippen molar-refractivity contribution in [2.75, 3.05) is 5.32 Å². The Kier molecular flexibility index (Phi) is 4.81. The summed E-state index contributed by atoms with van der Waals surface area (Å²) in [5, 5.41) is 14.9. The molecular weight excluding hydrogens is 421 g/mol. The van der Waals surface area contributed by atoms with Crippen molar-refractivity contribution in [3.8, 4) is 17.2 Å². The third-order valence-electron chi connectivity index (χ3n) is 4.82. The first-order valence-electron chi connectivity index (χ1n) is 8.66. The van der Waals surface area contributed by atoms with E-state index in [2.05, 4.69) is 43.6 Å². The molecule has 3 aromatic rings. The summed E-state index contributed by atoms with van der Waals surface area (Å²) in [6.07, 6.45) is 4.31. The minimum Gasteiger partial charge on any atom is -0.363 e. The Morgan fingerprint density at radius 2 is 2.00 bits per heavy atom. The van der Waals surface area contributed by atoms with Gasteiger partial charge in [-0.25, -0.2) is 18.4 Å². The van der Waals surface area contributed by atoms with E-state index in [1.165, 1.54) is 22.8 Å². The molecule has 1 N–H and O–H groups in total. The number of hydrogen-bond acceptors (Lipinski definition) is 7. The molecule has 1 aromatic carbocycles. The summed E-state index contributed by atoms with van der Waals surface area (Å²) in [6.45, 7) is 2.24. The first kappa shape index (κ1) is 17.9. The van der Waals surface area contributed by atoms with Crippen molar-refractivity contribution >= 4 is 21.7 Å². The first-order chi connectivity index (χ1) is 13.0. The van der Waals surface area contributed by atoms with Crippen molar-refractivity contribution < 1.29 is 13.5 Å². The van der Waals surface area contributed by atoms with Gasteiger partial charge in [0.1, 0.15) is 5.82 Å². The summed E-state index contributed by atoms with van der Waals surface area (Å²) < 4.78 is 24.6. The number of hydrogen-bond donors (Lipinski definition) is 1. The van der Waals surface area contributed by atoms with Crippen LogP contribution in [0.1, 0.15) is 32.6 Å². The zero-order chi connectivity index (χ0) is 19.0. The minimum atomic E-state index is -0.719. The van der Waals surface area contributed by atoms with Crippen molar-refractivity contribution in [2.24, 2.45) is 5.92 Å². The highest BCUT2D eigenvalue weighted by molar-refractivity contribution is 9.10. The highest BCUT2D eigenvalue weighted by Gasteiger charge is 2.26. The van der Waals surface area contributed by atoms with E-state index in [0.717, 1.165) is 31.6 Å². The van der Waals surface area contributed by atoms with Crippen molar-refractivity contribution in [2.45, 2.75) is 38.6 Å². The molecule has 0 spiro atoms. The SMILES string of the molecule is CC1CCC(Nc2nonc2-c2noc(=O)n2-c2ccc(F)c(Br)c2)CC1. The molecule has 4 rings (SSSR count). The van der Waals surface area contributed by atoms with Crippen LogP contribution >= 0.6 is 15.9 Å². The van der Waals surface area contributed by atoms with Crippen LogP contribution in [-0.4, -0.2) is 26.1 Å². The second-order valence-corrected chi connectivity index (χ2v) is 7.62. The Bertz CT molecular complexity index is 1010. The van der Waals surface area contributed by atoms with Crippen molar-refractivity contribution in [1.82, 2.24) is 20.0 Å². The topological polar surface area (TPSA) is 99.0 Å². The van der Waals surface area contributed by atoms with Gasteiger partial charge in [0.05, 0.1) is 10.2 Å². The molecule has 142 valence electrons. The molecule has 0 unspecified atom stereocenters. The van der Waals surface area contributed by atoms with Crippen LogP contribution in [0.2, 0.25) is 0 Å². The molecule has 0 bridgehead atoms. The quantitative estimate of drug-likeness (QED) is 0.662. The predicted molar refractivity (Wildman–Crippen MR) is 98.1 cm³/mol. The molecule has 2 heterocycles. The van der Waals surface area contributed by atoms with Gasteiger partial charge >= 0.3 is 5.76 Å². The Morgan fingerprint density at radius 1 is 1.22 bits per heavy atom. The van der Waals surface area contributed by atoms with E-state index in [9.17, 15) is 9.18 Å². The average molecular weight is 438 g/mol. The zero-order valence-corrected chi connectivity index (χ0v) is 16.1. The lowest BCUT2D eigenvalue weighted by atomic mass is 9.87. The van der Waals surface area contributed by atoms with Crippen LogP contribution in [0.3, 0.4) is 0 Å². The molecule has 1 aliphatic carbocycles. The summed E-state index contributed by atoms with van der Waals surface area (Å²) in [6, 6.07) is 4.40. The number of nitrogens with zero attached hydrogens (tertiary/aromatic N) is 4. The number of benzene rings is 1. The van der Waals surface area contributed by atoms with Gasteiger partial charge in [0.25, 0.3) is 0 Å². The van der Waals surface area contributed by atoms with E-state index >= 15 is 0 Å². The summed E-state index contributed by atoms with van der Waals surface area (Å²) in [4.78, 5) is 12.2. The molecule has 2 aromatic heterocycles. The smallest absolute Gasteiger partial charge is 0.363 e. The van der Waals surface area contributed by atoms with Crippen LogP contribution in [0.25, 0.3) is 17.2 Å². The van der Waals surface area contributed by atoms with Crippen LogP contribution in [-0.2, 0) is 0 Å². The number of anilines is 1. The molecule has 0 saturated heterocycles. The summed E-state index contributed by atoms with van der Waals surface area (Å²) >= 11 is 3.11. The highest BCUT2D eigenvalue weighted by Crippen LogP contribution is 2.30. The van der Waals surface area contributed by atoms with Gasteiger partial charge in [-0.3, -0.25) is 4.52 Å². The second-order valence-electron chi connectivity index (χ2n) is 6.77. The van der Waals surface area contributed by atoms with E-state index in [1.54, 1.807) is 0 Å². The van der Waals surface area contributed by atoms with E-state index in [4.69, 9.17) is 9.15 Å². The first-order valence-corrected chi connectivity index (χ1v) is 9.46. The maximum atomic E-state index is 13.5. The molecule has 1 saturated carbocycles. The van der Waals surface area contributed by atoms with E-state index in [1.807, 2.05) is 0 Å². The Labute approximate surface area is 161 Å². The molecule has 27 heavy (non-hydrogen) atoms. The zero-order valence-electron chi connectivity index (χ0n) is 14.5. The van der Waals surface area contributed by atoms with Crippen LogP contribution in [0.5, 0.6) is 0 Å². The molecule has 8 nitrogen and oxygen atoms in total. The van der Waals surface area contributed by atoms with E-state index in [0.29, 0.717) is 11.5 Å². The lowest BCUT2D eigenvalue weighted by Gasteiger charge is -2.26. The minimum absolute atomic E-state index is 0.131. The van der Waals surface area contributed by atoms with Gasteiger partial charge in [-0.05, 0) is 76.0 Å². The molecule has 0 amide bonds. The lowest BCUT2D eigenvalue weighted by Crippen LogP contribution is -2.25. The number of aromatic nitrogens is 4. The van der Waals surface area contributed by atoms with Gasteiger partial charge in [-0.2, -0.15) is 0 Å². The molecule has 0 radical (unpaired) electrons. The van der Waals surface area contributed by atoms with Crippen molar-refractivity contribution in [1.29, 1.82) is 0 Å². The van der Waals surface area contributed by atoms with Crippen LogP contribution in [0, 0.1) is 11.7 Å². The lowest BCUT2D eigenvalue weighted by molar-refractivity contribution is 0.307. The normalized spacial score (nSPS) is 20.0. The van der Waals surface area contributed by atoms with Crippen LogP contribution < -0.4 is 11.1 Å². The summed E-state index contributed by atoms with van der Waals surface area (Å²) in [5.41, 5.74) is 0.643. The van der Waals surface area contributed by atoms with Crippen LogP contribution in [0.4, 0.5) is 10.2 Å². The number of rotatable bonds is 4. The summed E-state index contributed by atoms with van der Waals surface area (Å²) in [7, 11) is 0. The molecular formula is C17H17BrFN5O3.